The molecular formula is C17H31N3S. The van der Waals surface area contributed by atoms with Gasteiger partial charge in [-0.2, -0.15) is 0 Å². The first-order chi connectivity index (χ1) is 10.2. The molecule has 1 fully saturated rings. The fourth-order valence-corrected chi connectivity index (χ4v) is 5.06. The molecule has 1 unspecified atom stereocenters. The molecule has 1 heterocycles. The maximum absolute atomic E-state index is 6.00. The lowest BCUT2D eigenvalue weighted by molar-refractivity contribution is 0.0632. The number of nitrogens with two attached hydrogens (primary N) is 1. The molecule has 0 saturated heterocycles. The van der Waals surface area contributed by atoms with Crippen LogP contribution in [0.15, 0.2) is 12.1 Å². The van der Waals surface area contributed by atoms with Crippen LogP contribution in [0.5, 0.6) is 0 Å². The van der Waals surface area contributed by atoms with E-state index in [1.807, 2.05) is 11.3 Å². The van der Waals surface area contributed by atoms with E-state index in [4.69, 9.17) is 5.84 Å². The van der Waals surface area contributed by atoms with E-state index in [0.29, 0.717) is 6.04 Å². The van der Waals surface area contributed by atoms with Gasteiger partial charge in [0, 0.05) is 27.8 Å². The van der Waals surface area contributed by atoms with Crippen LogP contribution in [-0.2, 0) is 12.8 Å². The van der Waals surface area contributed by atoms with Crippen LogP contribution in [0.4, 0.5) is 0 Å². The zero-order valence-corrected chi connectivity index (χ0v) is 14.6. The maximum Gasteiger partial charge on any atom is 0.0442 e. The first kappa shape index (κ1) is 16.9. The van der Waals surface area contributed by atoms with Crippen molar-refractivity contribution in [3.05, 3.63) is 21.9 Å². The highest BCUT2D eigenvalue weighted by Crippen LogP contribution is 2.39. The summed E-state index contributed by atoms with van der Waals surface area (Å²) in [6.07, 6.45) is 7.40. The second kappa shape index (κ2) is 7.73. The van der Waals surface area contributed by atoms with Crippen LogP contribution in [0.25, 0.3) is 0 Å². The quantitative estimate of drug-likeness (QED) is 0.571. The molecule has 1 aromatic heterocycles. The van der Waals surface area contributed by atoms with Crippen molar-refractivity contribution in [2.75, 3.05) is 13.1 Å². The van der Waals surface area contributed by atoms with Crippen molar-refractivity contribution < 1.29 is 0 Å². The lowest BCUT2D eigenvalue weighted by Gasteiger charge is -2.46. The first-order valence-corrected chi connectivity index (χ1v) is 9.30. The molecule has 0 spiro atoms. The van der Waals surface area contributed by atoms with Crippen molar-refractivity contribution in [1.29, 1.82) is 0 Å². The Morgan fingerprint density at radius 1 is 1.19 bits per heavy atom. The second-order valence-electron chi connectivity index (χ2n) is 6.13. The molecule has 1 aliphatic rings. The summed E-state index contributed by atoms with van der Waals surface area (Å²) in [5, 5.41) is 0. The molecule has 1 aliphatic carbocycles. The molecule has 0 amide bonds. The van der Waals surface area contributed by atoms with E-state index in [1.54, 1.807) is 0 Å². The minimum absolute atomic E-state index is 0.245. The van der Waals surface area contributed by atoms with Crippen molar-refractivity contribution in [2.45, 2.75) is 70.9 Å². The van der Waals surface area contributed by atoms with Gasteiger partial charge in [-0.15, -0.1) is 11.3 Å². The molecule has 2 rings (SSSR count). The van der Waals surface area contributed by atoms with E-state index in [9.17, 15) is 0 Å². The molecule has 21 heavy (non-hydrogen) atoms. The van der Waals surface area contributed by atoms with Gasteiger partial charge in [0.2, 0.25) is 0 Å². The predicted molar refractivity (Wildman–Crippen MR) is 92.6 cm³/mol. The largest absolute Gasteiger partial charge is 0.297 e. The summed E-state index contributed by atoms with van der Waals surface area (Å²) >= 11 is 1.95. The number of rotatable bonds is 8. The summed E-state index contributed by atoms with van der Waals surface area (Å²) in [6, 6.07) is 4.91. The molecule has 1 aromatic rings. The maximum atomic E-state index is 6.00. The van der Waals surface area contributed by atoms with Crippen molar-refractivity contribution in [2.24, 2.45) is 5.84 Å². The number of thiophene rings is 1. The minimum atomic E-state index is 0.245. The normalized spacial score (nSPS) is 19.3. The van der Waals surface area contributed by atoms with Crippen LogP contribution < -0.4 is 11.3 Å². The van der Waals surface area contributed by atoms with Gasteiger partial charge in [0.1, 0.15) is 0 Å². The Hall–Kier alpha value is -0.420. The summed E-state index contributed by atoms with van der Waals surface area (Å²) in [4.78, 5) is 5.58. The standard InChI is InChI=1S/C17H31N3S/c1-4-14-9-10-15(21-14)13-16(19-18)17(11-7-8-12-17)20(5-2)6-3/h9-10,16,19H,4-8,11-13,18H2,1-3H3. The van der Waals surface area contributed by atoms with Crippen molar-refractivity contribution >= 4 is 11.3 Å². The highest BCUT2D eigenvalue weighted by Gasteiger charge is 2.44. The van der Waals surface area contributed by atoms with E-state index >= 15 is 0 Å². The summed E-state index contributed by atoms with van der Waals surface area (Å²) in [5.74, 6) is 6.00. The highest BCUT2D eigenvalue weighted by atomic mass is 32.1. The Kier molecular flexibility index (Phi) is 6.23. The SMILES string of the molecule is CCc1ccc(CC(NN)C2(N(CC)CC)CCCC2)s1. The van der Waals surface area contributed by atoms with Gasteiger partial charge < -0.3 is 0 Å². The molecule has 0 radical (unpaired) electrons. The zero-order chi connectivity index (χ0) is 15.3. The van der Waals surface area contributed by atoms with Crippen LogP contribution in [-0.4, -0.2) is 29.6 Å². The van der Waals surface area contributed by atoms with Gasteiger partial charge in [-0.25, -0.2) is 0 Å². The van der Waals surface area contributed by atoms with Crippen LogP contribution in [0.3, 0.4) is 0 Å². The molecule has 4 heteroatoms. The summed E-state index contributed by atoms with van der Waals surface area (Å²) in [6.45, 7) is 9.00. The van der Waals surface area contributed by atoms with Crippen LogP contribution in [0.1, 0.15) is 56.2 Å². The molecule has 0 aliphatic heterocycles. The van der Waals surface area contributed by atoms with Crippen molar-refractivity contribution in [3.8, 4) is 0 Å². The van der Waals surface area contributed by atoms with Crippen LogP contribution in [0.2, 0.25) is 0 Å². The van der Waals surface area contributed by atoms with Crippen molar-refractivity contribution in [3.63, 3.8) is 0 Å². The highest BCUT2D eigenvalue weighted by molar-refractivity contribution is 7.11. The summed E-state index contributed by atoms with van der Waals surface area (Å²) < 4.78 is 0. The average molecular weight is 310 g/mol. The molecule has 0 aromatic carbocycles. The van der Waals surface area contributed by atoms with Gasteiger partial charge in [0.05, 0.1) is 0 Å². The van der Waals surface area contributed by atoms with Crippen LogP contribution in [0, 0.1) is 0 Å². The third kappa shape index (κ3) is 3.50. The Morgan fingerprint density at radius 3 is 2.29 bits per heavy atom. The number of hydrogen-bond acceptors (Lipinski definition) is 4. The Labute approximate surface area is 133 Å². The number of nitrogens with zero attached hydrogens (tertiary/aromatic N) is 1. The lowest BCUT2D eigenvalue weighted by Crippen LogP contribution is -2.62. The second-order valence-corrected chi connectivity index (χ2v) is 7.38. The number of hydrazine groups is 1. The predicted octanol–water partition coefficient (Wildman–Crippen LogP) is 3.34. The molecule has 3 nitrogen and oxygen atoms in total. The Morgan fingerprint density at radius 2 is 1.81 bits per heavy atom. The van der Waals surface area contributed by atoms with E-state index in [0.717, 1.165) is 25.9 Å². The molecular weight excluding hydrogens is 278 g/mol. The lowest BCUT2D eigenvalue weighted by atomic mass is 9.84. The molecule has 1 atom stereocenters. The average Bonchev–Trinajstić information content (AvgIpc) is 3.15. The number of likely N-dealkylation sites (N-methyl/N-ethyl adjacent to an activating group) is 1. The fraction of sp³-hybridized carbons (Fsp3) is 0.765. The zero-order valence-electron chi connectivity index (χ0n) is 13.8. The van der Waals surface area contributed by atoms with Gasteiger partial charge in [-0.05, 0) is 44.5 Å². The summed E-state index contributed by atoms with van der Waals surface area (Å²) in [7, 11) is 0. The Balaban J connectivity index is 2.19. The van der Waals surface area contributed by atoms with Gasteiger partial charge in [-0.3, -0.25) is 16.2 Å². The minimum Gasteiger partial charge on any atom is -0.297 e. The van der Waals surface area contributed by atoms with Gasteiger partial charge in [0.25, 0.3) is 0 Å². The van der Waals surface area contributed by atoms with E-state index < -0.39 is 0 Å². The van der Waals surface area contributed by atoms with Crippen molar-refractivity contribution in [1.82, 2.24) is 10.3 Å². The van der Waals surface area contributed by atoms with E-state index in [2.05, 4.69) is 43.2 Å². The molecule has 3 N–H and O–H groups in total. The summed E-state index contributed by atoms with van der Waals surface area (Å²) in [5.41, 5.74) is 3.42. The van der Waals surface area contributed by atoms with Crippen LogP contribution >= 0.6 is 11.3 Å². The molecule has 120 valence electrons. The van der Waals surface area contributed by atoms with Gasteiger partial charge >= 0.3 is 0 Å². The molecule has 0 bridgehead atoms. The first-order valence-electron chi connectivity index (χ1n) is 8.48. The number of nitrogens with one attached hydrogen (secondary N) is 1. The number of aryl methyl sites for hydroxylation is 1. The number of hydrogen-bond donors (Lipinski definition) is 2. The van der Waals surface area contributed by atoms with E-state index in [-0.39, 0.29) is 5.54 Å². The van der Waals surface area contributed by atoms with E-state index in [1.165, 1.54) is 35.4 Å². The monoisotopic (exact) mass is 309 g/mol. The topological polar surface area (TPSA) is 41.3 Å². The third-order valence-corrected chi connectivity index (χ3v) is 6.44. The molecule has 1 saturated carbocycles. The smallest absolute Gasteiger partial charge is 0.0442 e. The fourth-order valence-electron chi connectivity index (χ4n) is 4.05. The Bertz CT molecular complexity index is 419. The van der Waals surface area contributed by atoms with Gasteiger partial charge in [0.15, 0.2) is 0 Å². The third-order valence-electron chi connectivity index (χ3n) is 5.18. The van der Waals surface area contributed by atoms with Gasteiger partial charge in [-0.1, -0.05) is 33.6 Å².